The number of hydrogen-bond donors (Lipinski definition) is 2. The third-order valence-corrected chi connectivity index (χ3v) is 4.90. The normalized spacial score (nSPS) is 14.0. The van der Waals surface area contributed by atoms with Crippen LogP contribution in [-0.4, -0.2) is 33.8 Å². The summed E-state index contributed by atoms with van der Waals surface area (Å²) < 4.78 is 15.4. The van der Waals surface area contributed by atoms with Gasteiger partial charge in [-0.05, 0) is 56.4 Å². The highest BCUT2D eigenvalue weighted by atomic mass is 127. The summed E-state index contributed by atoms with van der Waals surface area (Å²) in [6, 6.07) is 4.94. The molecule has 0 unspecified atom stereocenters. The molecule has 3 rings (SSSR count). The van der Waals surface area contributed by atoms with E-state index in [1.54, 1.807) is 6.07 Å². The molecular formula is C20H30FIN6. The molecule has 1 aromatic heterocycles. The van der Waals surface area contributed by atoms with Crippen LogP contribution in [0.3, 0.4) is 0 Å². The Morgan fingerprint density at radius 3 is 2.86 bits per heavy atom. The van der Waals surface area contributed by atoms with Crippen molar-refractivity contribution in [1.82, 2.24) is 25.4 Å². The largest absolute Gasteiger partial charge is 0.357 e. The van der Waals surface area contributed by atoms with Gasteiger partial charge in [-0.1, -0.05) is 12.5 Å². The van der Waals surface area contributed by atoms with Crippen molar-refractivity contribution >= 4 is 29.9 Å². The Kier molecular flexibility index (Phi) is 9.14. The minimum atomic E-state index is -0.188. The molecule has 1 aromatic carbocycles. The lowest BCUT2D eigenvalue weighted by molar-refractivity contribution is 0.605. The molecule has 0 aliphatic carbocycles. The number of fused-ring (bicyclic) bond motifs is 1. The van der Waals surface area contributed by atoms with E-state index >= 15 is 0 Å². The second-order valence-electron chi connectivity index (χ2n) is 6.94. The number of aromatic nitrogens is 3. The fourth-order valence-corrected chi connectivity index (χ4v) is 3.41. The number of benzene rings is 1. The van der Waals surface area contributed by atoms with E-state index in [0.29, 0.717) is 6.54 Å². The zero-order chi connectivity index (χ0) is 19.1. The fourth-order valence-electron chi connectivity index (χ4n) is 3.41. The lowest BCUT2D eigenvalue weighted by Crippen LogP contribution is -2.38. The Labute approximate surface area is 183 Å². The molecule has 2 N–H and O–H groups in total. The second-order valence-corrected chi connectivity index (χ2v) is 6.94. The zero-order valence-electron chi connectivity index (χ0n) is 16.7. The summed E-state index contributed by atoms with van der Waals surface area (Å²) in [5, 5.41) is 15.3. The first kappa shape index (κ1) is 22.6. The summed E-state index contributed by atoms with van der Waals surface area (Å²) in [4.78, 5) is 4.67. The number of guanidine groups is 1. The molecule has 2 heterocycles. The molecule has 8 heteroatoms. The van der Waals surface area contributed by atoms with Crippen molar-refractivity contribution in [3.05, 3.63) is 46.8 Å². The second kappa shape index (κ2) is 11.3. The van der Waals surface area contributed by atoms with Crippen molar-refractivity contribution in [2.45, 2.75) is 59.0 Å². The lowest BCUT2D eigenvalue weighted by Gasteiger charge is -2.12. The van der Waals surface area contributed by atoms with E-state index in [4.69, 9.17) is 0 Å². The van der Waals surface area contributed by atoms with Crippen LogP contribution in [0.2, 0.25) is 0 Å². The summed E-state index contributed by atoms with van der Waals surface area (Å²) in [6.07, 6.45) is 5.44. The maximum atomic E-state index is 13.2. The molecule has 6 nitrogen and oxygen atoms in total. The van der Waals surface area contributed by atoms with E-state index in [-0.39, 0.29) is 29.8 Å². The van der Waals surface area contributed by atoms with Gasteiger partial charge in [0.2, 0.25) is 0 Å². The molecule has 0 spiro atoms. The van der Waals surface area contributed by atoms with Gasteiger partial charge in [0.05, 0.1) is 0 Å². The van der Waals surface area contributed by atoms with E-state index < -0.39 is 0 Å². The quantitative estimate of drug-likeness (QED) is 0.363. The Morgan fingerprint density at radius 1 is 1.21 bits per heavy atom. The molecule has 0 amide bonds. The van der Waals surface area contributed by atoms with Crippen LogP contribution < -0.4 is 10.6 Å². The number of hydrogen-bond acceptors (Lipinski definition) is 3. The third-order valence-electron chi connectivity index (χ3n) is 4.90. The van der Waals surface area contributed by atoms with Crippen LogP contribution in [0, 0.1) is 12.7 Å². The van der Waals surface area contributed by atoms with Crippen LogP contribution >= 0.6 is 24.0 Å². The molecule has 0 saturated carbocycles. The SMILES string of the molecule is CCNC(=NCc1nnc2n1CCCCC2)NCCc1ccc(F)cc1C.I. The Bertz CT molecular complexity index is 789. The number of nitrogens with zero attached hydrogens (tertiary/aromatic N) is 4. The van der Waals surface area contributed by atoms with Gasteiger partial charge in [0.15, 0.2) is 11.8 Å². The molecule has 28 heavy (non-hydrogen) atoms. The predicted molar refractivity (Wildman–Crippen MR) is 121 cm³/mol. The van der Waals surface area contributed by atoms with E-state index in [1.807, 2.05) is 19.9 Å². The molecule has 2 aromatic rings. The summed E-state index contributed by atoms with van der Waals surface area (Å²) in [6.45, 7) is 7.01. The van der Waals surface area contributed by atoms with Gasteiger partial charge in [0, 0.05) is 26.1 Å². The average molecular weight is 500 g/mol. The van der Waals surface area contributed by atoms with Gasteiger partial charge in [-0.15, -0.1) is 34.2 Å². The Balaban J connectivity index is 0.00000280. The molecule has 0 bridgehead atoms. The van der Waals surface area contributed by atoms with Gasteiger partial charge >= 0.3 is 0 Å². The van der Waals surface area contributed by atoms with Crippen molar-refractivity contribution in [2.75, 3.05) is 13.1 Å². The molecule has 154 valence electrons. The first-order chi connectivity index (χ1) is 13.2. The maximum absolute atomic E-state index is 13.2. The van der Waals surface area contributed by atoms with Crippen LogP contribution in [0.25, 0.3) is 0 Å². The van der Waals surface area contributed by atoms with E-state index in [9.17, 15) is 4.39 Å². The number of aryl methyl sites for hydroxylation is 2. The van der Waals surface area contributed by atoms with Crippen molar-refractivity contribution in [1.29, 1.82) is 0 Å². The number of halogens is 2. The molecule has 0 radical (unpaired) electrons. The minimum absolute atomic E-state index is 0. The van der Waals surface area contributed by atoms with Crippen molar-refractivity contribution < 1.29 is 4.39 Å². The monoisotopic (exact) mass is 500 g/mol. The zero-order valence-corrected chi connectivity index (χ0v) is 19.0. The number of aliphatic imine (C=N–C) groups is 1. The molecule has 1 aliphatic rings. The standard InChI is InChI=1S/C20H29FN6.HI/c1-3-22-20(23-11-10-16-8-9-17(21)13-15(16)2)24-14-19-26-25-18-7-5-4-6-12-27(18)19;/h8-9,13H,3-7,10-12,14H2,1-2H3,(H2,22,23,24);1H. The summed E-state index contributed by atoms with van der Waals surface area (Å²) in [5.41, 5.74) is 2.12. The van der Waals surface area contributed by atoms with E-state index in [2.05, 4.69) is 30.4 Å². The minimum Gasteiger partial charge on any atom is -0.357 e. The predicted octanol–water partition coefficient (Wildman–Crippen LogP) is 3.37. The fraction of sp³-hybridized carbons (Fsp3) is 0.550. The van der Waals surface area contributed by atoms with Gasteiger partial charge in [0.25, 0.3) is 0 Å². The van der Waals surface area contributed by atoms with Gasteiger partial charge < -0.3 is 15.2 Å². The first-order valence-corrected chi connectivity index (χ1v) is 9.85. The molecule has 0 saturated heterocycles. The summed E-state index contributed by atoms with van der Waals surface area (Å²) >= 11 is 0. The molecular weight excluding hydrogens is 470 g/mol. The van der Waals surface area contributed by atoms with Gasteiger partial charge in [-0.25, -0.2) is 9.38 Å². The summed E-state index contributed by atoms with van der Waals surface area (Å²) in [5.74, 6) is 2.59. The van der Waals surface area contributed by atoms with Crippen LogP contribution in [-0.2, 0) is 25.9 Å². The van der Waals surface area contributed by atoms with Gasteiger partial charge in [-0.3, -0.25) is 0 Å². The van der Waals surface area contributed by atoms with Crippen LogP contribution in [0.5, 0.6) is 0 Å². The van der Waals surface area contributed by atoms with E-state index in [1.165, 1.54) is 25.3 Å². The number of nitrogens with one attached hydrogen (secondary N) is 2. The smallest absolute Gasteiger partial charge is 0.191 e. The van der Waals surface area contributed by atoms with Crippen molar-refractivity contribution in [2.24, 2.45) is 4.99 Å². The number of rotatable bonds is 6. The highest BCUT2D eigenvalue weighted by Gasteiger charge is 2.14. The Hall–Kier alpha value is -1.71. The van der Waals surface area contributed by atoms with Crippen molar-refractivity contribution in [3.8, 4) is 0 Å². The molecule has 0 atom stereocenters. The molecule has 1 aliphatic heterocycles. The lowest BCUT2D eigenvalue weighted by atomic mass is 10.1. The van der Waals surface area contributed by atoms with Crippen LogP contribution in [0.1, 0.15) is 49.0 Å². The first-order valence-electron chi connectivity index (χ1n) is 9.85. The van der Waals surface area contributed by atoms with Crippen LogP contribution in [0.15, 0.2) is 23.2 Å². The average Bonchev–Trinajstić information content (AvgIpc) is 2.87. The Morgan fingerprint density at radius 2 is 2.07 bits per heavy atom. The highest BCUT2D eigenvalue weighted by molar-refractivity contribution is 14.0. The van der Waals surface area contributed by atoms with Crippen LogP contribution in [0.4, 0.5) is 4.39 Å². The third kappa shape index (κ3) is 6.15. The van der Waals surface area contributed by atoms with Crippen molar-refractivity contribution in [3.63, 3.8) is 0 Å². The van der Waals surface area contributed by atoms with Gasteiger partial charge in [0.1, 0.15) is 18.2 Å². The van der Waals surface area contributed by atoms with Gasteiger partial charge in [-0.2, -0.15) is 0 Å². The maximum Gasteiger partial charge on any atom is 0.191 e. The molecule has 0 fully saturated rings. The summed E-state index contributed by atoms with van der Waals surface area (Å²) in [7, 11) is 0. The topological polar surface area (TPSA) is 67.1 Å². The van der Waals surface area contributed by atoms with E-state index in [0.717, 1.165) is 61.2 Å². The highest BCUT2D eigenvalue weighted by Crippen LogP contribution is 2.15.